The van der Waals surface area contributed by atoms with Crippen LogP contribution in [-0.4, -0.2) is 44.2 Å². The van der Waals surface area contributed by atoms with Crippen molar-refractivity contribution in [3.05, 3.63) is 81.4 Å². The first-order valence-corrected chi connectivity index (χ1v) is 8.11. The van der Waals surface area contributed by atoms with Crippen LogP contribution in [0.4, 0.5) is 5.69 Å². The van der Waals surface area contributed by atoms with E-state index < -0.39 is 40.9 Å². The van der Waals surface area contributed by atoms with Crippen molar-refractivity contribution in [1.29, 1.82) is 0 Å². The van der Waals surface area contributed by atoms with Crippen molar-refractivity contribution in [2.24, 2.45) is 0 Å². The third-order valence-electron chi connectivity index (χ3n) is 4.31. The van der Waals surface area contributed by atoms with Gasteiger partial charge in [0.1, 0.15) is 12.3 Å². The minimum absolute atomic E-state index is 0.0971. The zero-order valence-corrected chi connectivity index (χ0v) is 14.3. The Labute approximate surface area is 158 Å². The van der Waals surface area contributed by atoms with Crippen LogP contribution >= 0.6 is 0 Å². The van der Waals surface area contributed by atoms with Gasteiger partial charge in [-0.25, -0.2) is 0 Å². The predicted molar refractivity (Wildman–Crippen MR) is 96.2 cm³/mol. The van der Waals surface area contributed by atoms with E-state index in [9.17, 15) is 29.6 Å². The number of likely N-dealkylation sites (tertiary alicyclic amines) is 1. The number of nitro groups is 1. The topological polar surface area (TPSA) is 138 Å². The van der Waals surface area contributed by atoms with Gasteiger partial charge in [0.2, 0.25) is 0 Å². The number of carbonyl (C=O) groups excluding carboxylic acids is 2. The molecule has 2 N–H and O–H groups in total. The van der Waals surface area contributed by atoms with Crippen molar-refractivity contribution >= 4 is 29.1 Å². The lowest BCUT2D eigenvalue weighted by atomic mass is 9.95. The van der Waals surface area contributed by atoms with Gasteiger partial charge in [-0.1, -0.05) is 30.3 Å². The van der Waals surface area contributed by atoms with Gasteiger partial charge in [0.25, 0.3) is 17.4 Å². The largest absolute Gasteiger partial charge is 0.507 e. The SMILES string of the molecule is O=C(O)CN1C(=O)C(=O)/C(=C(/O)c2ccc([N+](=O)[O-])cc2)[C@@H]1c1ccccc1. The summed E-state index contributed by atoms with van der Waals surface area (Å²) >= 11 is 0. The average Bonchev–Trinajstić information content (AvgIpc) is 2.92. The molecule has 142 valence electrons. The van der Waals surface area contributed by atoms with E-state index in [-0.39, 0.29) is 16.8 Å². The van der Waals surface area contributed by atoms with Crippen LogP contribution in [-0.2, 0) is 14.4 Å². The van der Waals surface area contributed by atoms with Crippen molar-refractivity contribution in [2.75, 3.05) is 6.54 Å². The lowest BCUT2D eigenvalue weighted by Crippen LogP contribution is -2.34. The summed E-state index contributed by atoms with van der Waals surface area (Å²) in [5.41, 5.74) is 0.0695. The second-order valence-corrected chi connectivity index (χ2v) is 6.04. The number of Topliss-reactive ketones (excluding diaryl/α,β-unsaturated/α-hetero) is 1. The van der Waals surface area contributed by atoms with E-state index in [0.29, 0.717) is 5.56 Å². The highest BCUT2D eigenvalue weighted by Gasteiger charge is 2.46. The number of carboxylic acids is 1. The second kappa shape index (κ2) is 7.31. The molecule has 2 aromatic carbocycles. The van der Waals surface area contributed by atoms with Crippen LogP contribution in [0, 0.1) is 10.1 Å². The van der Waals surface area contributed by atoms with Crippen molar-refractivity contribution in [2.45, 2.75) is 6.04 Å². The number of aliphatic hydroxyl groups excluding tert-OH is 1. The zero-order chi connectivity index (χ0) is 20.4. The first-order chi connectivity index (χ1) is 13.3. The van der Waals surface area contributed by atoms with Crippen molar-refractivity contribution in [3.8, 4) is 0 Å². The molecule has 3 rings (SSSR count). The summed E-state index contributed by atoms with van der Waals surface area (Å²) in [4.78, 5) is 47.2. The molecule has 0 radical (unpaired) electrons. The Bertz CT molecular complexity index is 997. The summed E-state index contributed by atoms with van der Waals surface area (Å²) in [5.74, 6) is -3.90. The number of aliphatic hydroxyl groups is 1. The Hall–Kier alpha value is -4.01. The molecule has 1 amide bonds. The quantitative estimate of drug-likeness (QED) is 0.265. The number of rotatable bonds is 5. The van der Waals surface area contributed by atoms with E-state index in [1.54, 1.807) is 30.3 Å². The van der Waals surface area contributed by atoms with Crippen LogP contribution < -0.4 is 0 Å². The molecule has 1 fully saturated rings. The second-order valence-electron chi connectivity index (χ2n) is 6.04. The van der Waals surface area contributed by atoms with Crippen molar-refractivity contribution in [3.63, 3.8) is 0 Å². The number of amides is 1. The molecule has 0 aromatic heterocycles. The lowest BCUT2D eigenvalue weighted by molar-refractivity contribution is -0.384. The van der Waals surface area contributed by atoms with Crippen LogP contribution in [0.1, 0.15) is 17.2 Å². The maximum absolute atomic E-state index is 12.6. The number of hydrogen-bond donors (Lipinski definition) is 2. The number of aliphatic carboxylic acids is 1. The fourth-order valence-corrected chi connectivity index (χ4v) is 3.07. The van der Waals surface area contributed by atoms with Gasteiger partial charge >= 0.3 is 5.97 Å². The number of nitrogens with zero attached hydrogens (tertiary/aromatic N) is 2. The highest BCUT2D eigenvalue weighted by Crippen LogP contribution is 2.39. The maximum Gasteiger partial charge on any atom is 0.323 e. The molecule has 9 heteroatoms. The molecular weight excluding hydrogens is 368 g/mol. The molecule has 0 aliphatic carbocycles. The Balaban J connectivity index is 2.16. The van der Waals surface area contributed by atoms with Gasteiger partial charge in [-0.2, -0.15) is 0 Å². The molecule has 0 spiro atoms. The summed E-state index contributed by atoms with van der Waals surface area (Å²) in [6.45, 7) is -0.721. The van der Waals surface area contributed by atoms with Crippen LogP contribution in [0.2, 0.25) is 0 Å². The summed E-state index contributed by atoms with van der Waals surface area (Å²) < 4.78 is 0. The summed E-state index contributed by atoms with van der Waals surface area (Å²) in [6.07, 6.45) is 0. The molecule has 1 heterocycles. The van der Waals surface area contributed by atoms with Gasteiger partial charge in [-0.05, 0) is 17.7 Å². The lowest BCUT2D eigenvalue weighted by Gasteiger charge is -2.23. The molecule has 2 aromatic rings. The fraction of sp³-hybridized carbons (Fsp3) is 0.105. The highest BCUT2D eigenvalue weighted by atomic mass is 16.6. The van der Waals surface area contributed by atoms with Gasteiger partial charge < -0.3 is 15.1 Å². The third-order valence-corrected chi connectivity index (χ3v) is 4.31. The van der Waals surface area contributed by atoms with Crippen LogP contribution in [0.3, 0.4) is 0 Å². The average molecular weight is 382 g/mol. The standard InChI is InChI=1S/C19H14N2O7/c22-14(23)10-20-16(11-4-2-1-3-5-11)15(18(25)19(20)26)17(24)12-6-8-13(9-7-12)21(27)28/h1-9,16,24H,10H2,(H,22,23)/b17-15+/t16-/m0/s1. The Morgan fingerprint density at radius 3 is 2.18 bits per heavy atom. The number of hydrogen-bond acceptors (Lipinski definition) is 6. The molecule has 9 nitrogen and oxygen atoms in total. The molecule has 0 saturated carbocycles. The molecule has 0 bridgehead atoms. The van der Waals surface area contributed by atoms with Gasteiger partial charge in [-0.3, -0.25) is 24.5 Å². The number of benzene rings is 2. The molecule has 1 saturated heterocycles. The van der Waals surface area contributed by atoms with Crippen molar-refractivity contribution < 1.29 is 29.5 Å². The summed E-state index contributed by atoms with van der Waals surface area (Å²) in [5, 5.41) is 30.6. The predicted octanol–water partition coefficient (Wildman–Crippen LogP) is 2.10. The first kappa shape index (κ1) is 18.8. The van der Waals surface area contributed by atoms with E-state index in [1.807, 2.05) is 0 Å². The number of nitro benzene ring substituents is 1. The van der Waals surface area contributed by atoms with Gasteiger partial charge in [0.05, 0.1) is 16.5 Å². The monoisotopic (exact) mass is 382 g/mol. The Morgan fingerprint density at radius 1 is 1.04 bits per heavy atom. The molecule has 1 aliphatic heterocycles. The first-order valence-electron chi connectivity index (χ1n) is 8.11. The van der Waals surface area contributed by atoms with Crippen LogP contribution in [0.15, 0.2) is 60.2 Å². The van der Waals surface area contributed by atoms with E-state index in [0.717, 1.165) is 17.0 Å². The molecular formula is C19H14N2O7. The molecule has 1 aliphatic rings. The maximum atomic E-state index is 12.6. The smallest absolute Gasteiger partial charge is 0.323 e. The fourth-order valence-electron chi connectivity index (χ4n) is 3.07. The normalized spacial score (nSPS) is 18.3. The number of carboxylic acid groups (broad SMARTS) is 1. The van der Waals surface area contributed by atoms with E-state index in [1.165, 1.54) is 12.1 Å². The van der Waals surface area contributed by atoms with Crippen LogP contribution in [0.25, 0.3) is 5.76 Å². The Morgan fingerprint density at radius 2 is 1.64 bits per heavy atom. The van der Waals surface area contributed by atoms with Gasteiger partial charge in [0, 0.05) is 17.7 Å². The molecule has 1 atom stereocenters. The van der Waals surface area contributed by atoms with Crippen molar-refractivity contribution in [1.82, 2.24) is 4.90 Å². The number of carbonyl (C=O) groups is 3. The van der Waals surface area contributed by atoms with E-state index in [4.69, 9.17) is 5.11 Å². The Kier molecular flexibility index (Phi) is 4.90. The van der Waals surface area contributed by atoms with Crippen LogP contribution in [0.5, 0.6) is 0 Å². The summed E-state index contributed by atoms with van der Waals surface area (Å²) in [7, 11) is 0. The number of ketones is 1. The summed E-state index contributed by atoms with van der Waals surface area (Å²) in [6, 6.07) is 11.9. The van der Waals surface area contributed by atoms with Gasteiger partial charge in [-0.15, -0.1) is 0 Å². The molecule has 0 unspecified atom stereocenters. The minimum Gasteiger partial charge on any atom is -0.507 e. The minimum atomic E-state index is -1.31. The highest BCUT2D eigenvalue weighted by molar-refractivity contribution is 6.46. The van der Waals surface area contributed by atoms with E-state index >= 15 is 0 Å². The zero-order valence-electron chi connectivity index (χ0n) is 14.3. The third kappa shape index (κ3) is 3.32. The number of non-ortho nitro benzene ring substituents is 1. The molecule has 28 heavy (non-hydrogen) atoms. The van der Waals surface area contributed by atoms with Gasteiger partial charge in [0.15, 0.2) is 0 Å². The van der Waals surface area contributed by atoms with E-state index in [2.05, 4.69) is 0 Å².